The van der Waals surface area contributed by atoms with Crippen LogP contribution in [0.25, 0.3) is 11.5 Å². The van der Waals surface area contributed by atoms with Crippen LogP contribution >= 0.6 is 11.6 Å². The molecule has 8 heteroatoms. The summed E-state index contributed by atoms with van der Waals surface area (Å²) in [7, 11) is 0. The molecule has 3 aromatic rings. The molecule has 26 heavy (non-hydrogen) atoms. The van der Waals surface area contributed by atoms with Gasteiger partial charge in [0.2, 0.25) is 5.91 Å². The van der Waals surface area contributed by atoms with Crippen LogP contribution in [-0.2, 0) is 11.3 Å². The third-order valence-electron chi connectivity index (χ3n) is 4.01. The maximum Gasteiger partial charge on any atom is 0.257 e. The van der Waals surface area contributed by atoms with E-state index < -0.39 is 0 Å². The van der Waals surface area contributed by atoms with Crippen molar-refractivity contribution in [2.24, 2.45) is 0 Å². The highest BCUT2D eigenvalue weighted by molar-refractivity contribution is 6.30. The maximum atomic E-state index is 12.6. The molecule has 7 nitrogen and oxygen atoms in total. The van der Waals surface area contributed by atoms with Gasteiger partial charge in [0.15, 0.2) is 5.82 Å². The first-order valence-electron chi connectivity index (χ1n) is 8.37. The van der Waals surface area contributed by atoms with Gasteiger partial charge in [-0.2, -0.15) is 10.1 Å². The molecule has 136 valence electrons. The zero-order valence-corrected chi connectivity index (χ0v) is 15.6. The topological polar surface area (TPSA) is 85.8 Å². The second kappa shape index (κ2) is 7.70. The van der Waals surface area contributed by atoms with Crippen molar-refractivity contribution in [1.82, 2.24) is 25.2 Å². The Morgan fingerprint density at radius 2 is 2.04 bits per heavy atom. The average molecular weight is 374 g/mol. The summed E-state index contributed by atoms with van der Waals surface area (Å²) < 4.78 is 6.99. The third-order valence-corrected chi connectivity index (χ3v) is 4.26. The first-order valence-corrected chi connectivity index (χ1v) is 8.74. The molecule has 0 saturated heterocycles. The lowest BCUT2D eigenvalue weighted by molar-refractivity contribution is -0.125. The van der Waals surface area contributed by atoms with Crippen molar-refractivity contribution in [3.8, 4) is 11.5 Å². The van der Waals surface area contributed by atoms with Crippen molar-refractivity contribution >= 4 is 17.5 Å². The number of aryl methyl sites for hydroxylation is 2. The highest BCUT2D eigenvalue weighted by atomic mass is 35.5. The maximum absolute atomic E-state index is 12.6. The van der Waals surface area contributed by atoms with Crippen LogP contribution in [0.4, 0.5) is 0 Å². The molecule has 2 aromatic heterocycles. The number of carbonyl (C=O) groups is 1. The average Bonchev–Trinajstić information content (AvgIpc) is 3.21. The summed E-state index contributed by atoms with van der Waals surface area (Å²) in [6.45, 7) is 5.98. The first-order chi connectivity index (χ1) is 12.5. The highest BCUT2D eigenvalue weighted by Gasteiger charge is 2.21. The third kappa shape index (κ3) is 3.94. The second-order valence-electron chi connectivity index (χ2n) is 6.04. The fourth-order valence-corrected chi connectivity index (χ4v) is 2.88. The summed E-state index contributed by atoms with van der Waals surface area (Å²) in [6.07, 6.45) is 0.635. The molecular formula is C18H20ClN5O2. The molecule has 0 saturated carbocycles. The minimum atomic E-state index is -0.369. The summed E-state index contributed by atoms with van der Waals surface area (Å²) in [6, 6.07) is 8.69. The number of aromatic nitrogens is 4. The van der Waals surface area contributed by atoms with E-state index in [1.54, 1.807) is 28.9 Å². The van der Waals surface area contributed by atoms with Gasteiger partial charge in [-0.3, -0.25) is 9.48 Å². The number of hydrogen-bond donors (Lipinski definition) is 1. The quantitative estimate of drug-likeness (QED) is 0.715. The molecule has 0 aliphatic rings. The van der Waals surface area contributed by atoms with E-state index in [4.69, 9.17) is 16.1 Å². The van der Waals surface area contributed by atoms with Crippen LogP contribution in [0.5, 0.6) is 0 Å². The smallest absolute Gasteiger partial charge is 0.257 e. The van der Waals surface area contributed by atoms with Gasteiger partial charge in [0, 0.05) is 16.3 Å². The molecule has 0 aliphatic heterocycles. The summed E-state index contributed by atoms with van der Waals surface area (Å²) in [5.74, 6) is 0.666. The van der Waals surface area contributed by atoms with Crippen molar-refractivity contribution in [2.45, 2.75) is 39.8 Å². The molecule has 1 atom stereocenters. The van der Waals surface area contributed by atoms with E-state index in [1.165, 1.54) is 0 Å². The minimum Gasteiger partial charge on any atom is -0.347 e. The van der Waals surface area contributed by atoms with Crippen LogP contribution in [0.3, 0.4) is 0 Å². The number of nitrogens with one attached hydrogen (secondary N) is 1. The van der Waals surface area contributed by atoms with Gasteiger partial charge in [-0.05, 0) is 50.6 Å². The number of rotatable bonds is 6. The molecule has 0 aliphatic carbocycles. The number of hydrogen-bond acceptors (Lipinski definition) is 5. The number of benzene rings is 1. The van der Waals surface area contributed by atoms with Crippen LogP contribution in [-0.4, -0.2) is 25.8 Å². The fraction of sp³-hybridized carbons (Fsp3) is 0.333. The molecular weight excluding hydrogens is 354 g/mol. The molecule has 1 aromatic carbocycles. The van der Waals surface area contributed by atoms with Crippen LogP contribution in [0, 0.1) is 13.8 Å². The monoisotopic (exact) mass is 373 g/mol. The fourth-order valence-electron chi connectivity index (χ4n) is 2.75. The summed E-state index contributed by atoms with van der Waals surface area (Å²) in [4.78, 5) is 16.9. The number of nitrogens with zero attached hydrogens (tertiary/aromatic N) is 4. The van der Waals surface area contributed by atoms with Gasteiger partial charge in [-0.1, -0.05) is 23.7 Å². The lowest BCUT2D eigenvalue weighted by atomic mass is 10.2. The van der Waals surface area contributed by atoms with Gasteiger partial charge in [0.1, 0.15) is 6.04 Å². The summed E-state index contributed by atoms with van der Waals surface area (Å²) >= 11 is 5.87. The molecule has 0 radical (unpaired) electrons. The molecule has 1 amide bonds. The molecule has 0 fully saturated rings. The van der Waals surface area contributed by atoms with Crippen LogP contribution in [0.1, 0.15) is 36.6 Å². The number of halogens is 1. The molecule has 0 bridgehead atoms. The van der Waals surface area contributed by atoms with E-state index >= 15 is 0 Å². The predicted octanol–water partition coefficient (Wildman–Crippen LogP) is 3.47. The van der Waals surface area contributed by atoms with Crippen molar-refractivity contribution in [3.63, 3.8) is 0 Å². The Bertz CT molecular complexity index is 901. The van der Waals surface area contributed by atoms with E-state index in [1.807, 2.05) is 26.8 Å². The Labute approximate surface area is 156 Å². The van der Waals surface area contributed by atoms with Crippen molar-refractivity contribution in [1.29, 1.82) is 0 Å². The van der Waals surface area contributed by atoms with E-state index in [0.29, 0.717) is 23.2 Å². The molecule has 0 unspecified atom stereocenters. The van der Waals surface area contributed by atoms with Crippen molar-refractivity contribution < 1.29 is 9.32 Å². The van der Waals surface area contributed by atoms with E-state index in [0.717, 1.165) is 17.0 Å². The van der Waals surface area contributed by atoms with Gasteiger partial charge in [-0.25, -0.2) is 0 Å². The largest absolute Gasteiger partial charge is 0.347 e. The second-order valence-corrected chi connectivity index (χ2v) is 6.47. The van der Waals surface area contributed by atoms with Gasteiger partial charge < -0.3 is 9.84 Å². The van der Waals surface area contributed by atoms with Crippen LogP contribution in [0.2, 0.25) is 5.02 Å². The molecule has 3 rings (SSSR count). The van der Waals surface area contributed by atoms with E-state index in [2.05, 4.69) is 20.6 Å². The Morgan fingerprint density at radius 3 is 2.65 bits per heavy atom. The zero-order chi connectivity index (χ0) is 18.7. The Morgan fingerprint density at radius 1 is 1.31 bits per heavy atom. The van der Waals surface area contributed by atoms with Gasteiger partial charge in [0.05, 0.1) is 12.2 Å². The lowest BCUT2D eigenvalue weighted by Gasteiger charge is -2.16. The number of carbonyl (C=O) groups excluding carboxylic acids is 1. The van der Waals surface area contributed by atoms with E-state index in [9.17, 15) is 4.79 Å². The summed E-state index contributed by atoms with van der Waals surface area (Å²) in [5.41, 5.74) is 2.61. The number of amides is 1. The van der Waals surface area contributed by atoms with Gasteiger partial charge in [-0.15, -0.1) is 0 Å². The Hall–Kier alpha value is -2.67. The standard InChI is InChI=1S/C18H20ClN5O2/c1-4-15(24-12(3)9-11(2)22-24)17(25)20-10-16-21-18(26-23-16)13-5-7-14(19)8-6-13/h5-9,15H,4,10H2,1-3H3,(H,20,25)/t15-/m0/s1. The Balaban J connectivity index is 1.66. The predicted molar refractivity (Wildman–Crippen MR) is 97.6 cm³/mol. The lowest BCUT2D eigenvalue weighted by Crippen LogP contribution is -2.33. The van der Waals surface area contributed by atoms with Crippen molar-refractivity contribution in [3.05, 3.63) is 52.6 Å². The van der Waals surface area contributed by atoms with Gasteiger partial charge in [0.25, 0.3) is 5.89 Å². The zero-order valence-electron chi connectivity index (χ0n) is 14.9. The van der Waals surface area contributed by atoms with Crippen molar-refractivity contribution in [2.75, 3.05) is 0 Å². The first kappa shape index (κ1) is 18.1. The van der Waals surface area contributed by atoms with Crippen LogP contribution < -0.4 is 5.32 Å². The summed E-state index contributed by atoms with van der Waals surface area (Å²) in [5, 5.41) is 11.8. The molecule has 1 N–H and O–H groups in total. The van der Waals surface area contributed by atoms with Gasteiger partial charge >= 0.3 is 0 Å². The SMILES string of the molecule is CC[C@@H](C(=O)NCc1noc(-c2ccc(Cl)cc2)n1)n1nc(C)cc1C. The Kier molecular flexibility index (Phi) is 5.37. The molecule has 0 spiro atoms. The minimum absolute atomic E-state index is 0.128. The van der Waals surface area contributed by atoms with Crippen LogP contribution in [0.15, 0.2) is 34.9 Å². The molecule has 2 heterocycles. The normalized spacial score (nSPS) is 12.2. The highest BCUT2D eigenvalue weighted by Crippen LogP contribution is 2.20. The van der Waals surface area contributed by atoms with E-state index in [-0.39, 0.29) is 18.5 Å².